The highest BCUT2D eigenvalue weighted by atomic mass is 16.6. The summed E-state index contributed by atoms with van der Waals surface area (Å²) < 4.78 is 17.4. The fraction of sp³-hybridized carbons (Fsp3) is 0.705. The monoisotopic (exact) mass is 917 g/mol. The minimum absolute atomic E-state index is 0.0663. The van der Waals surface area contributed by atoms with Crippen molar-refractivity contribution in [2.24, 2.45) is 0 Å². The number of esters is 2. The first-order valence-corrected chi connectivity index (χ1v) is 27.8. The first-order chi connectivity index (χ1) is 32.6. The normalized spacial score (nSPS) is 13.0. The van der Waals surface area contributed by atoms with Crippen molar-refractivity contribution in [2.75, 3.05) is 19.8 Å². The third-order valence-corrected chi connectivity index (χ3v) is 11.6. The van der Waals surface area contributed by atoms with Crippen molar-refractivity contribution in [1.29, 1.82) is 0 Å². The molecule has 0 saturated heterocycles. The van der Waals surface area contributed by atoms with Crippen molar-refractivity contribution < 1.29 is 23.8 Å². The van der Waals surface area contributed by atoms with E-state index in [4.69, 9.17) is 14.2 Å². The third-order valence-electron chi connectivity index (χ3n) is 11.6. The predicted molar refractivity (Wildman–Crippen MR) is 288 cm³/mol. The van der Waals surface area contributed by atoms with Crippen LogP contribution in [-0.2, 0) is 23.8 Å². The van der Waals surface area contributed by atoms with Crippen LogP contribution in [0.15, 0.2) is 97.2 Å². The number of unbranched alkanes of at least 4 members (excludes halogenated alkanes) is 23. The van der Waals surface area contributed by atoms with Crippen LogP contribution in [0, 0.1) is 0 Å². The third kappa shape index (κ3) is 53.4. The van der Waals surface area contributed by atoms with E-state index in [1.807, 2.05) is 0 Å². The van der Waals surface area contributed by atoms with Crippen LogP contribution < -0.4 is 0 Å². The van der Waals surface area contributed by atoms with Crippen LogP contribution in [0.1, 0.15) is 252 Å². The van der Waals surface area contributed by atoms with E-state index < -0.39 is 6.10 Å². The van der Waals surface area contributed by atoms with Gasteiger partial charge in [0.1, 0.15) is 6.61 Å². The Bertz CT molecular complexity index is 1270. The van der Waals surface area contributed by atoms with Gasteiger partial charge in [0.05, 0.1) is 6.61 Å². The van der Waals surface area contributed by atoms with Gasteiger partial charge in [0.2, 0.25) is 0 Å². The summed E-state index contributed by atoms with van der Waals surface area (Å²) in [5.41, 5.74) is 0. The van der Waals surface area contributed by atoms with E-state index in [-0.39, 0.29) is 25.2 Å². The molecule has 0 aromatic heterocycles. The van der Waals surface area contributed by atoms with Gasteiger partial charge in [-0.1, -0.05) is 221 Å². The molecule has 0 heterocycles. The number of carbonyl (C=O) groups is 2. The van der Waals surface area contributed by atoms with E-state index in [1.165, 1.54) is 109 Å². The molecule has 1 atom stereocenters. The van der Waals surface area contributed by atoms with Gasteiger partial charge in [-0.25, -0.2) is 0 Å². The molecule has 1 unspecified atom stereocenters. The summed E-state index contributed by atoms with van der Waals surface area (Å²) in [6.45, 7) is 7.55. The zero-order valence-electron chi connectivity index (χ0n) is 43.4. The van der Waals surface area contributed by atoms with Crippen molar-refractivity contribution in [3.8, 4) is 0 Å². The first kappa shape index (κ1) is 62.8. The number of hydrogen-bond acceptors (Lipinski definition) is 5. The van der Waals surface area contributed by atoms with Gasteiger partial charge in [0.15, 0.2) is 6.10 Å². The number of ether oxygens (including phenoxy) is 3. The summed E-state index contributed by atoms with van der Waals surface area (Å²) in [7, 11) is 0. The lowest BCUT2D eigenvalue weighted by molar-refractivity contribution is -0.163. The topological polar surface area (TPSA) is 61.8 Å². The van der Waals surface area contributed by atoms with Crippen LogP contribution in [-0.4, -0.2) is 37.9 Å². The molecule has 0 saturated carbocycles. The molecular weight excluding hydrogens is 813 g/mol. The van der Waals surface area contributed by atoms with E-state index in [1.54, 1.807) is 0 Å². The molecule has 0 spiro atoms. The van der Waals surface area contributed by atoms with Gasteiger partial charge < -0.3 is 14.2 Å². The Morgan fingerprint density at radius 3 is 1.09 bits per heavy atom. The summed E-state index contributed by atoms with van der Waals surface area (Å²) in [5.74, 6) is -0.431. The van der Waals surface area contributed by atoms with Crippen molar-refractivity contribution in [2.45, 2.75) is 258 Å². The van der Waals surface area contributed by atoms with E-state index in [0.29, 0.717) is 19.4 Å². The van der Waals surface area contributed by atoms with Gasteiger partial charge in [0.25, 0.3) is 0 Å². The number of allylic oxidation sites excluding steroid dienone is 16. The van der Waals surface area contributed by atoms with Gasteiger partial charge in [-0.2, -0.15) is 0 Å². The average Bonchev–Trinajstić information content (AvgIpc) is 3.32. The molecule has 0 aliphatic carbocycles. The molecule has 378 valence electrons. The predicted octanol–water partition coefficient (Wildman–Crippen LogP) is 19.0. The number of rotatable bonds is 50. The van der Waals surface area contributed by atoms with Gasteiger partial charge in [-0.05, 0) is 116 Å². The quantitative estimate of drug-likeness (QED) is 0.0346. The van der Waals surface area contributed by atoms with Crippen LogP contribution in [0.25, 0.3) is 0 Å². The Labute approximate surface area is 409 Å². The summed E-state index contributed by atoms with van der Waals surface area (Å²) in [5, 5.41) is 0. The maximum atomic E-state index is 12.8. The second-order valence-electron chi connectivity index (χ2n) is 18.1. The lowest BCUT2D eigenvalue weighted by Crippen LogP contribution is -2.30. The van der Waals surface area contributed by atoms with Crippen LogP contribution in [0.3, 0.4) is 0 Å². The molecule has 0 radical (unpaired) electrons. The Balaban J connectivity index is 4.33. The Kier molecular flexibility index (Phi) is 53.4. The van der Waals surface area contributed by atoms with Gasteiger partial charge in [-0.3, -0.25) is 9.59 Å². The van der Waals surface area contributed by atoms with Crippen LogP contribution in [0.4, 0.5) is 0 Å². The van der Waals surface area contributed by atoms with Crippen molar-refractivity contribution >= 4 is 11.9 Å². The van der Waals surface area contributed by atoms with Crippen molar-refractivity contribution in [1.82, 2.24) is 0 Å². The molecule has 66 heavy (non-hydrogen) atoms. The summed E-state index contributed by atoms with van der Waals surface area (Å²) in [4.78, 5) is 25.5. The van der Waals surface area contributed by atoms with E-state index in [0.717, 1.165) is 109 Å². The standard InChI is InChI=1S/C61H104O5/c1-4-7-10-13-16-19-22-25-28-30-32-35-38-41-44-47-50-53-56-64-57-59(66-61(63)55-52-49-46-43-40-37-33-27-24-21-18-15-12-9-6-3)58-65-60(62)54-51-48-45-42-39-36-34-31-29-26-23-20-17-14-11-8-5-2/h8-9,11-12,16-21,25-29,33,59H,4-7,10,13-15,22-24,30-32,34-58H2,1-3H3/b11-8-,12-9-,19-16-,20-17-,21-18-,28-25-,29-26-,33-27-. The highest BCUT2D eigenvalue weighted by Crippen LogP contribution is 2.14. The van der Waals surface area contributed by atoms with E-state index in [9.17, 15) is 9.59 Å². The molecule has 0 aliphatic rings. The largest absolute Gasteiger partial charge is 0.462 e. The van der Waals surface area contributed by atoms with Gasteiger partial charge in [0, 0.05) is 19.4 Å². The van der Waals surface area contributed by atoms with Crippen LogP contribution in [0.2, 0.25) is 0 Å². The summed E-state index contributed by atoms with van der Waals surface area (Å²) >= 11 is 0. The van der Waals surface area contributed by atoms with E-state index >= 15 is 0 Å². The molecule has 0 aromatic rings. The fourth-order valence-corrected chi connectivity index (χ4v) is 7.51. The molecule has 0 rings (SSSR count). The molecule has 0 fully saturated rings. The van der Waals surface area contributed by atoms with Gasteiger partial charge >= 0.3 is 11.9 Å². The lowest BCUT2D eigenvalue weighted by Gasteiger charge is -2.18. The average molecular weight is 917 g/mol. The van der Waals surface area contributed by atoms with Gasteiger partial charge in [-0.15, -0.1) is 0 Å². The molecular formula is C61H104O5. The minimum Gasteiger partial charge on any atom is -0.462 e. The summed E-state index contributed by atoms with van der Waals surface area (Å²) in [6, 6.07) is 0. The summed E-state index contributed by atoms with van der Waals surface area (Å²) in [6.07, 6.45) is 75.6. The highest BCUT2D eigenvalue weighted by Gasteiger charge is 2.17. The molecule has 0 N–H and O–H groups in total. The Morgan fingerprint density at radius 1 is 0.348 bits per heavy atom. The minimum atomic E-state index is -0.558. The van der Waals surface area contributed by atoms with Crippen molar-refractivity contribution in [3.63, 3.8) is 0 Å². The smallest absolute Gasteiger partial charge is 0.306 e. The zero-order chi connectivity index (χ0) is 47.7. The SMILES string of the molecule is CC/C=C\C/C=C\C/C=C\CCCCCCCCCC(=O)OCC(COCCCCCCCCCC/C=C\C/C=C\CCCCC)OC(=O)CCCCCCC/C=C\C/C=C\C/C=C\CC. The molecule has 0 amide bonds. The molecule has 0 aliphatic heterocycles. The Hall–Kier alpha value is -3.18. The highest BCUT2D eigenvalue weighted by molar-refractivity contribution is 5.70. The number of hydrogen-bond donors (Lipinski definition) is 0. The second kappa shape index (κ2) is 56.1. The Morgan fingerprint density at radius 2 is 0.682 bits per heavy atom. The van der Waals surface area contributed by atoms with Crippen LogP contribution >= 0.6 is 0 Å². The molecule has 0 bridgehead atoms. The second-order valence-corrected chi connectivity index (χ2v) is 18.1. The molecule has 5 heteroatoms. The lowest BCUT2D eigenvalue weighted by atomic mass is 10.1. The van der Waals surface area contributed by atoms with E-state index in [2.05, 4.69) is 118 Å². The van der Waals surface area contributed by atoms with Crippen molar-refractivity contribution in [3.05, 3.63) is 97.2 Å². The maximum Gasteiger partial charge on any atom is 0.306 e. The number of carbonyl (C=O) groups excluding carboxylic acids is 2. The fourth-order valence-electron chi connectivity index (χ4n) is 7.51. The molecule has 0 aromatic carbocycles. The first-order valence-electron chi connectivity index (χ1n) is 27.8. The van der Waals surface area contributed by atoms with Crippen LogP contribution in [0.5, 0.6) is 0 Å². The maximum absolute atomic E-state index is 12.8. The zero-order valence-corrected chi connectivity index (χ0v) is 43.4. The molecule has 5 nitrogen and oxygen atoms in total.